The van der Waals surface area contributed by atoms with E-state index >= 15 is 0 Å². The molecule has 0 saturated heterocycles. The van der Waals surface area contributed by atoms with Crippen molar-refractivity contribution in [2.24, 2.45) is 11.7 Å². The van der Waals surface area contributed by atoms with Gasteiger partial charge in [-0.3, -0.25) is 4.79 Å². The minimum absolute atomic E-state index is 0.0986. The summed E-state index contributed by atoms with van der Waals surface area (Å²) in [7, 11) is 0. The van der Waals surface area contributed by atoms with Gasteiger partial charge in [0.1, 0.15) is 5.54 Å². The molecule has 0 bridgehead atoms. The van der Waals surface area contributed by atoms with Gasteiger partial charge in [-0.15, -0.1) is 0 Å². The van der Waals surface area contributed by atoms with Crippen LogP contribution in [0.3, 0.4) is 0 Å². The largest absolute Gasteiger partial charge is 0.480 e. The van der Waals surface area contributed by atoms with E-state index in [1.54, 1.807) is 0 Å². The van der Waals surface area contributed by atoms with Gasteiger partial charge in [0, 0.05) is 0 Å². The highest BCUT2D eigenvalue weighted by Crippen LogP contribution is 2.25. The summed E-state index contributed by atoms with van der Waals surface area (Å²) < 4.78 is 5.55. The molecular weight excluding hydrogens is 194 g/mol. The minimum atomic E-state index is -1.26. The van der Waals surface area contributed by atoms with E-state index in [0.29, 0.717) is 0 Å². The quantitative estimate of drug-likeness (QED) is 0.743. The first-order valence-electron chi connectivity index (χ1n) is 5.55. The third-order valence-corrected chi connectivity index (χ3v) is 3.07. The molecule has 0 heterocycles. The molecule has 1 fully saturated rings. The number of hydrogen-bond acceptors (Lipinski definition) is 3. The molecule has 4 heteroatoms. The number of hydrogen-bond donors (Lipinski definition) is 2. The van der Waals surface area contributed by atoms with Gasteiger partial charge in [-0.25, -0.2) is 0 Å². The molecule has 0 spiro atoms. The number of rotatable bonds is 4. The van der Waals surface area contributed by atoms with Crippen molar-refractivity contribution in [1.82, 2.24) is 0 Å². The lowest BCUT2D eigenvalue weighted by molar-refractivity contribution is -0.146. The first-order chi connectivity index (χ1) is 6.92. The maximum absolute atomic E-state index is 10.7. The fourth-order valence-corrected chi connectivity index (χ4v) is 1.75. The van der Waals surface area contributed by atoms with Crippen LogP contribution in [0, 0.1) is 5.92 Å². The molecule has 1 aliphatic carbocycles. The zero-order valence-electron chi connectivity index (χ0n) is 9.53. The van der Waals surface area contributed by atoms with E-state index in [9.17, 15) is 4.79 Å². The summed E-state index contributed by atoms with van der Waals surface area (Å²) in [5.74, 6) is -0.236. The maximum atomic E-state index is 10.7. The van der Waals surface area contributed by atoms with Gasteiger partial charge in [-0.1, -0.05) is 6.92 Å². The van der Waals surface area contributed by atoms with Gasteiger partial charge in [0.15, 0.2) is 0 Å². The number of carboxylic acid groups (broad SMARTS) is 1. The Balaban J connectivity index is 2.28. The Morgan fingerprint density at radius 3 is 2.47 bits per heavy atom. The maximum Gasteiger partial charge on any atom is 0.325 e. The Morgan fingerprint density at radius 1 is 1.47 bits per heavy atom. The summed E-state index contributed by atoms with van der Waals surface area (Å²) in [5.41, 5.74) is 4.32. The fraction of sp³-hybridized carbons (Fsp3) is 0.909. The third kappa shape index (κ3) is 3.80. The number of carboxylic acids is 1. The van der Waals surface area contributed by atoms with Crippen LogP contribution in [0.1, 0.15) is 39.5 Å². The summed E-state index contributed by atoms with van der Waals surface area (Å²) in [5, 5.41) is 8.81. The van der Waals surface area contributed by atoms with Gasteiger partial charge in [-0.05, 0) is 38.5 Å². The van der Waals surface area contributed by atoms with Gasteiger partial charge in [-0.2, -0.15) is 0 Å². The Kier molecular flexibility index (Phi) is 4.11. The van der Waals surface area contributed by atoms with Crippen LogP contribution in [0.25, 0.3) is 0 Å². The second-order valence-corrected chi connectivity index (χ2v) is 4.92. The standard InChI is InChI=1S/C11H21NO3/c1-8-3-5-9(6-4-8)15-7-11(2,12)10(13)14/h8-9H,3-7,12H2,1-2H3,(H,13,14). The van der Waals surface area contributed by atoms with Gasteiger partial charge < -0.3 is 15.6 Å². The average Bonchev–Trinajstić information content (AvgIpc) is 2.17. The number of nitrogens with two attached hydrogens (primary N) is 1. The van der Waals surface area contributed by atoms with Crippen LogP contribution in [0.2, 0.25) is 0 Å². The number of ether oxygens (including phenoxy) is 1. The molecule has 0 radical (unpaired) electrons. The average molecular weight is 215 g/mol. The molecule has 0 aromatic rings. The van der Waals surface area contributed by atoms with Crippen molar-refractivity contribution < 1.29 is 14.6 Å². The van der Waals surface area contributed by atoms with Gasteiger partial charge in [0.2, 0.25) is 0 Å². The van der Waals surface area contributed by atoms with E-state index in [0.717, 1.165) is 18.8 Å². The number of carbonyl (C=O) groups is 1. The molecule has 1 unspecified atom stereocenters. The monoisotopic (exact) mass is 215 g/mol. The molecule has 1 saturated carbocycles. The molecule has 0 aromatic carbocycles. The van der Waals surface area contributed by atoms with Crippen molar-refractivity contribution in [1.29, 1.82) is 0 Å². The topological polar surface area (TPSA) is 72.5 Å². The molecule has 1 atom stereocenters. The molecule has 0 aliphatic heterocycles. The molecule has 1 rings (SSSR count). The van der Waals surface area contributed by atoms with Crippen molar-refractivity contribution in [3.8, 4) is 0 Å². The van der Waals surface area contributed by atoms with Crippen LogP contribution in [0.15, 0.2) is 0 Å². The Morgan fingerprint density at radius 2 is 2.00 bits per heavy atom. The predicted molar refractivity (Wildman–Crippen MR) is 57.6 cm³/mol. The summed E-state index contributed by atoms with van der Waals surface area (Å²) >= 11 is 0. The lowest BCUT2D eigenvalue weighted by Crippen LogP contribution is -2.49. The lowest BCUT2D eigenvalue weighted by atomic mass is 9.89. The van der Waals surface area contributed by atoms with E-state index < -0.39 is 11.5 Å². The highest BCUT2D eigenvalue weighted by Gasteiger charge is 2.30. The Hall–Kier alpha value is -0.610. The van der Waals surface area contributed by atoms with Crippen molar-refractivity contribution in [2.45, 2.75) is 51.2 Å². The number of aliphatic carboxylic acids is 1. The lowest BCUT2D eigenvalue weighted by Gasteiger charge is -2.29. The molecule has 15 heavy (non-hydrogen) atoms. The fourth-order valence-electron chi connectivity index (χ4n) is 1.75. The molecule has 3 N–H and O–H groups in total. The molecule has 4 nitrogen and oxygen atoms in total. The van der Waals surface area contributed by atoms with Crippen molar-refractivity contribution in [3.05, 3.63) is 0 Å². The van der Waals surface area contributed by atoms with Crippen molar-refractivity contribution in [3.63, 3.8) is 0 Å². The Bertz CT molecular complexity index is 220. The van der Waals surface area contributed by atoms with Crippen LogP contribution in [0.4, 0.5) is 0 Å². The van der Waals surface area contributed by atoms with E-state index in [2.05, 4.69) is 6.92 Å². The van der Waals surface area contributed by atoms with E-state index in [4.69, 9.17) is 15.6 Å². The molecule has 88 valence electrons. The van der Waals surface area contributed by atoms with Crippen molar-refractivity contribution >= 4 is 5.97 Å². The van der Waals surface area contributed by atoms with Crippen LogP contribution < -0.4 is 5.73 Å². The zero-order valence-corrected chi connectivity index (χ0v) is 9.53. The summed E-state index contributed by atoms with van der Waals surface area (Å²) in [6.07, 6.45) is 4.58. The predicted octanol–water partition coefficient (Wildman–Crippen LogP) is 1.38. The summed E-state index contributed by atoms with van der Waals surface area (Å²) in [6.45, 7) is 3.82. The highest BCUT2D eigenvalue weighted by molar-refractivity contribution is 5.77. The minimum Gasteiger partial charge on any atom is -0.480 e. The highest BCUT2D eigenvalue weighted by atomic mass is 16.5. The van der Waals surface area contributed by atoms with Crippen LogP contribution in [0.5, 0.6) is 0 Å². The molecular formula is C11H21NO3. The van der Waals surface area contributed by atoms with E-state index in [1.165, 1.54) is 19.8 Å². The summed E-state index contributed by atoms with van der Waals surface area (Å²) in [6, 6.07) is 0. The first kappa shape index (κ1) is 12.5. The molecule has 1 aliphatic rings. The van der Waals surface area contributed by atoms with Gasteiger partial charge >= 0.3 is 5.97 Å². The smallest absolute Gasteiger partial charge is 0.325 e. The second-order valence-electron chi connectivity index (χ2n) is 4.92. The Labute approximate surface area is 90.8 Å². The SMILES string of the molecule is CC1CCC(OCC(C)(N)C(=O)O)CC1. The normalized spacial score (nSPS) is 30.9. The molecule has 0 aromatic heterocycles. The summed E-state index contributed by atoms with van der Waals surface area (Å²) in [4.78, 5) is 10.7. The molecule has 0 amide bonds. The van der Waals surface area contributed by atoms with E-state index in [-0.39, 0.29) is 12.7 Å². The van der Waals surface area contributed by atoms with Crippen LogP contribution >= 0.6 is 0 Å². The van der Waals surface area contributed by atoms with Crippen LogP contribution in [-0.4, -0.2) is 29.3 Å². The van der Waals surface area contributed by atoms with Gasteiger partial charge in [0.05, 0.1) is 12.7 Å². The first-order valence-corrected chi connectivity index (χ1v) is 5.55. The third-order valence-electron chi connectivity index (χ3n) is 3.07. The second kappa shape index (κ2) is 4.94. The van der Waals surface area contributed by atoms with Gasteiger partial charge in [0.25, 0.3) is 0 Å². The zero-order chi connectivity index (χ0) is 11.5. The van der Waals surface area contributed by atoms with E-state index in [1.807, 2.05) is 0 Å². The van der Waals surface area contributed by atoms with Crippen molar-refractivity contribution in [2.75, 3.05) is 6.61 Å². The van der Waals surface area contributed by atoms with Crippen LogP contribution in [-0.2, 0) is 9.53 Å².